The van der Waals surface area contributed by atoms with Crippen molar-refractivity contribution in [2.24, 2.45) is 5.92 Å². The van der Waals surface area contributed by atoms with Crippen LogP contribution in [0.25, 0.3) is 0 Å². The third kappa shape index (κ3) is 6.23. The van der Waals surface area contributed by atoms with Gasteiger partial charge in [0.05, 0.1) is 5.56 Å². The Hall–Kier alpha value is -0.840. The molecule has 1 N–H and O–H groups in total. The van der Waals surface area contributed by atoms with E-state index in [1.807, 2.05) is 0 Å². The molecule has 0 aromatic carbocycles. The van der Waals surface area contributed by atoms with Gasteiger partial charge in [0, 0.05) is 19.8 Å². The molecule has 0 saturated heterocycles. The highest BCUT2D eigenvalue weighted by molar-refractivity contribution is 6.34. The molecule has 1 heterocycles. The van der Waals surface area contributed by atoms with E-state index in [0.29, 0.717) is 24.6 Å². The summed E-state index contributed by atoms with van der Waals surface area (Å²) < 4.78 is 5.41. The maximum atomic E-state index is 11.8. The number of nitrogens with one attached hydrogen (secondary N) is 1. The number of rotatable bonds is 7. The smallest absolute Gasteiger partial charge is 0.254 e. The van der Waals surface area contributed by atoms with E-state index < -0.39 is 0 Å². The van der Waals surface area contributed by atoms with Crippen LogP contribution >= 0.6 is 23.2 Å². The summed E-state index contributed by atoms with van der Waals surface area (Å²) in [6.07, 6.45) is 0.761. The first-order valence-electron chi connectivity index (χ1n) is 6.18. The molecule has 1 aromatic rings. The van der Waals surface area contributed by atoms with Gasteiger partial charge in [-0.15, -0.1) is 0 Å². The molecule has 1 rings (SSSR count). The Bertz CT molecular complexity index is 425. The second-order valence-electron chi connectivity index (χ2n) is 4.55. The molecule has 0 aliphatic heterocycles. The molecule has 0 saturated carbocycles. The summed E-state index contributed by atoms with van der Waals surface area (Å²) in [5, 5.41) is 3.14. The zero-order chi connectivity index (χ0) is 14.3. The first-order chi connectivity index (χ1) is 9.00. The van der Waals surface area contributed by atoms with E-state index in [9.17, 15) is 4.79 Å². The lowest BCUT2D eigenvalue weighted by Crippen LogP contribution is -2.25. The van der Waals surface area contributed by atoms with Crippen LogP contribution in [0.3, 0.4) is 0 Å². The van der Waals surface area contributed by atoms with Gasteiger partial charge in [-0.2, -0.15) is 0 Å². The maximum absolute atomic E-state index is 11.8. The first kappa shape index (κ1) is 16.2. The fourth-order valence-electron chi connectivity index (χ4n) is 1.37. The molecule has 0 fully saturated rings. The Kier molecular flexibility index (Phi) is 7.13. The summed E-state index contributed by atoms with van der Waals surface area (Å²) >= 11 is 11.5. The quantitative estimate of drug-likeness (QED) is 0.622. The van der Waals surface area contributed by atoms with Gasteiger partial charge < -0.3 is 10.1 Å². The van der Waals surface area contributed by atoms with E-state index >= 15 is 0 Å². The van der Waals surface area contributed by atoms with Gasteiger partial charge in [0.25, 0.3) is 5.91 Å². The molecule has 1 amide bonds. The highest BCUT2D eigenvalue weighted by Crippen LogP contribution is 2.16. The van der Waals surface area contributed by atoms with E-state index in [1.165, 1.54) is 6.07 Å². The highest BCUT2D eigenvalue weighted by Gasteiger charge is 2.11. The van der Waals surface area contributed by atoms with Gasteiger partial charge in [-0.1, -0.05) is 37.0 Å². The van der Waals surface area contributed by atoms with Crippen LogP contribution in [0.5, 0.6) is 0 Å². The van der Waals surface area contributed by atoms with E-state index in [-0.39, 0.29) is 16.2 Å². The number of nitrogens with zero attached hydrogens (tertiary/aromatic N) is 1. The number of pyridine rings is 1. The van der Waals surface area contributed by atoms with Crippen LogP contribution in [0.15, 0.2) is 12.1 Å². The summed E-state index contributed by atoms with van der Waals surface area (Å²) in [6.45, 7) is 6.09. The molecule has 19 heavy (non-hydrogen) atoms. The molecule has 0 aliphatic carbocycles. The lowest BCUT2D eigenvalue weighted by Gasteiger charge is -2.08. The summed E-state index contributed by atoms with van der Waals surface area (Å²) in [5.41, 5.74) is 0.328. The molecule has 6 heteroatoms. The number of halogens is 2. The van der Waals surface area contributed by atoms with Crippen LogP contribution in [-0.4, -0.2) is 30.6 Å². The van der Waals surface area contributed by atoms with Gasteiger partial charge in [-0.05, 0) is 24.5 Å². The van der Waals surface area contributed by atoms with E-state index in [0.717, 1.165) is 13.0 Å². The van der Waals surface area contributed by atoms with Crippen molar-refractivity contribution in [3.05, 3.63) is 28.0 Å². The van der Waals surface area contributed by atoms with Gasteiger partial charge >= 0.3 is 0 Å². The van der Waals surface area contributed by atoms with Crippen molar-refractivity contribution in [3.8, 4) is 0 Å². The zero-order valence-corrected chi connectivity index (χ0v) is 12.6. The van der Waals surface area contributed by atoms with E-state index in [2.05, 4.69) is 24.1 Å². The number of hydrogen-bond acceptors (Lipinski definition) is 3. The predicted octanol–water partition coefficient (Wildman–Crippen LogP) is 3.18. The molecular weight excluding hydrogens is 287 g/mol. The van der Waals surface area contributed by atoms with Gasteiger partial charge in [0.15, 0.2) is 0 Å². The molecule has 0 aliphatic rings. The van der Waals surface area contributed by atoms with Crippen molar-refractivity contribution in [1.82, 2.24) is 10.3 Å². The average Bonchev–Trinajstić information content (AvgIpc) is 2.32. The second-order valence-corrected chi connectivity index (χ2v) is 5.30. The third-order valence-corrected chi connectivity index (χ3v) is 2.76. The van der Waals surface area contributed by atoms with Crippen LogP contribution in [-0.2, 0) is 4.74 Å². The number of amides is 1. The van der Waals surface area contributed by atoms with E-state index in [1.54, 1.807) is 6.07 Å². The largest absolute Gasteiger partial charge is 0.381 e. The Morgan fingerprint density at radius 3 is 2.79 bits per heavy atom. The average molecular weight is 305 g/mol. The maximum Gasteiger partial charge on any atom is 0.254 e. The lowest BCUT2D eigenvalue weighted by atomic mass is 10.2. The summed E-state index contributed by atoms with van der Waals surface area (Å²) in [4.78, 5) is 15.6. The molecule has 0 unspecified atom stereocenters. The number of carbonyl (C=O) groups excluding carboxylic acids is 1. The van der Waals surface area contributed by atoms with Crippen LogP contribution in [0, 0.1) is 5.92 Å². The fraction of sp³-hybridized carbons (Fsp3) is 0.538. The first-order valence-corrected chi connectivity index (χ1v) is 6.94. The standard InChI is InChI=1S/C13H18Cl2N2O2/c1-9(2)8-19-7-3-6-16-13(18)10-4-5-11(14)17-12(10)15/h4-5,9H,3,6-8H2,1-2H3,(H,16,18). The number of ether oxygens (including phenoxy) is 1. The van der Waals surface area contributed by atoms with E-state index in [4.69, 9.17) is 27.9 Å². The normalized spacial score (nSPS) is 10.8. The number of carbonyl (C=O) groups is 1. The van der Waals surface area contributed by atoms with Crippen molar-refractivity contribution >= 4 is 29.1 Å². The topological polar surface area (TPSA) is 51.2 Å². The van der Waals surface area contributed by atoms with Crippen molar-refractivity contribution in [2.45, 2.75) is 20.3 Å². The molecule has 1 aromatic heterocycles. The van der Waals surface area contributed by atoms with Crippen molar-refractivity contribution in [2.75, 3.05) is 19.8 Å². The van der Waals surface area contributed by atoms with Crippen molar-refractivity contribution < 1.29 is 9.53 Å². The predicted molar refractivity (Wildman–Crippen MR) is 76.9 cm³/mol. The Morgan fingerprint density at radius 2 is 2.16 bits per heavy atom. The Morgan fingerprint density at radius 1 is 1.42 bits per heavy atom. The van der Waals surface area contributed by atoms with Crippen LogP contribution in [0.2, 0.25) is 10.3 Å². The number of hydrogen-bond donors (Lipinski definition) is 1. The summed E-state index contributed by atoms with van der Waals surface area (Å²) in [6, 6.07) is 3.09. The van der Waals surface area contributed by atoms with Gasteiger partial charge in [0.2, 0.25) is 0 Å². The molecule has 106 valence electrons. The van der Waals surface area contributed by atoms with Crippen LogP contribution < -0.4 is 5.32 Å². The molecule has 0 radical (unpaired) electrons. The fourth-order valence-corrected chi connectivity index (χ4v) is 1.80. The summed E-state index contributed by atoms with van der Waals surface area (Å²) in [5.74, 6) is 0.270. The molecule has 0 bridgehead atoms. The second kappa shape index (κ2) is 8.35. The van der Waals surface area contributed by atoms with Gasteiger partial charge in [-0.3, -0.25) is 4.79 Å². The van der Waals surface area contributed by atoms with Crippen LogP contribution in [0.1, 0.15) is 30.6 Å². The molecule has 0 atom stereocenters. The van der Waals surface area contributed by atoms with Crippen molar-refractivity contribution in [3.63, 3.8) is 0 Å². The third-order valence-electron chi connectivity index (χ3n) is 2.26. The SMILES string of the molecule is CC(C)COCCCNC(=O)c1ccc(Cl)nc1Cl. The lowest BCUT2D eigenvalue weighted by molar-refractivity contribution is 0.0925. The van der Waals surface area contributed by atoms with Crippen LogP contribution in [0.4, 0.5) is 0 Å². The molecular formula is C13H18Cl2N2O2. The minimum atomic E-state index is -0.252. The van der Waals surface area contributed by atoms with Gasteiger partial charge in [0.1, 0.15) is 10.3 Å². The van der Waals surface area contributed by atoms with Gasteiger partial charge in [-0.25, -0.2) is 4.98 Å². The minimum Gasteiger partial charge on any atom is -0.381 e. The Labute approximate surface area is 123 Å². The summed E-state index contributed by atoms with van der Waals surface area (Å²) in [7, 11) is 0. The monoisotopic (exact) mass is 304 g/mol. The molecule has 0 spiro atoms. The highest BCUT2D eigenvalue weighted by atomic mass is 35.5. The van der Waals surface area contributed by atoms with Crippen molar-refractivity contribution in [1.29, 1.82) is 0 Å². The minimum absolute atomic E-state index is 0.112. The zero-order valence-electron chi connectivity index (χ0n) is 11.1. The number of aromatic nitrogens is 1. The Balaban J connectivity index is 2.28. The molecule has 4 nitrogen and oxygen atoms in total.